The highest BCUT2D eigenvalue weighted by molar-refractivity contribution is 8.26. The molecule has 1 saturated heterocycles. The molecule has 4 nitrogen and oxygen atoms in total. The van der Waals surface area contributed by atoms with Gasteiger partial charge in [-0.2, -0.15) is 0 Å². The van der Waals surface area contributed by atoms with Gasteiger partial charge in [0, 0.05) is 17.9 Å². The van der Waals surface area contributed by atoms with Crippen LogP contribution in [-0.4, -0.2) is 26.2 Å². The van der Waals surface area contributed by atoms with Crippen molar-refractivity contribution in [2.24, 2.45) is 0 Å². The van der Waals surface area contributed by atoms with Gasteiger partial charge in [0.15, 0.2) is 0 Å². The third-order valence-corrected chi connectivity index (χ3v) is 5.36. The maximum atomic E-state index is 12.4. The number of hydrogen-bond acceptors (Lipinski definition) is 4. The lowest BCUT2D eigenvalue weighted by molar-refractivity contribution is -0.121. The Morgan fingerprint density at radius 1 is 1.42 bits per heavy atom. The minimum Gasteiger partial charge on any atom is -0.467 e. The van der Waals surface area contributed by atoms with Crippen LogP contribution < -0.4 is 0 Å². The van der Waals surface area contributed by atoms with Crippen LogP contribution in [0.5, 0.6) is 0 Å². The van der Waals surface area contributed by atoms with Crippen LogP contribution in [0.25, 0.3) is 6.08 Å². The molecule has 1 fully saturated rings. The Morgan fingerprint density at radius 3 is 2.88 bits per heavy atom. The molecular weight excluding hydrogens is 340 g/mol. The first-order chi connectivity index (χ1) is 11.5. The molecule has 124 valence electrons. The molecule has 1 aliphatic heterocycles. The number of aromatic nitrogens is 1. The Kier molecular flexibility index (Phi) is 4.78. The predicted molar refractivity (Wildman–Crippen MR) is 102 cm³/mol. The number of amides is 1. The van der Waals surface area contributed by atoms with Crippen LogP contribution in [0.15, 0.2) is 46.4 Å². The summed E-state index contributed by atoms with van der Waals surface area (Å²) in [7, 11) is 0. The van der Waals surface area contributed by atoms with Crippen molar-refractivity contribution in [2.45, 2.75) is 20.4 Å². The van der Waals surface area contributed by atoms with E-state index in [1.54, 1.807) is 17.2 Å². The molecule has 0 aromatic carbocycles. The fraction of sp³-hybridized carbons (Fsp3) is 0.222. The van der Waals surface area contributed by atoms with Crippen LogP contribution in [0.1, 0.15) is 22.7 Å². The van der Waals surface area contributed by atoms with Gasteiger partial charge in [0.2, 0.25) is 0 Å². The first-order valence-electron chi connectivity index (χ1n) is 7.56. The molecule has 1 amide bonds. The van der Waals surface area contributed by atoms with Crippen molar-refractivity contribution >= 4 is 40.3 Å². The molecule has 0 unspecified atom stereocenters. The maximum absolute atomic E-state index is 12.4. The molecule has 1 aliphatic rings. The molecule has 3 heterocycles. The molecule has 0 saturated carbocycles. The van der Waals surface area contributed by atoms with Crippen molar-refractivity contribution < 1.29 is 9.21 Å². The lowest BCUT2D eigenvalue weighted by Crippen LogP contribution is -2.27. The van der Waals surface area contributed by atoms with Crippen molar-refractivity contribution in [1.29, 1.82) is 0 Å². The van der Waals surface area contributed by atoms with Gasteiger partial charge < -0.3 is 8.98 Å². The van der Waals surface area contributed by atoms with Gasteiger partial charge in [-0.05, 0) is 43.7 Å². The Balaban J connectivity index is 1.89. The van der Waals surface area contributed by atoms with Gasteiger partial charge in [-0.3, -0.25) is 9.69 Å². The van der Waals surface area contributed by atoms with E-state index in [1.807, 2.05) is 25.1 Å². The Bertz CT molecular complexity index is 832. The van der Waals surface area contributed by atoms with Crippen LogP contribution in [0, 0.1) is 13.8 Å². The molecule has 0 aliphatic carbocycles. The number of nitrogens with zero attached hydrogens (tertiary/aromatic N) is 2. The topological polar surface area (TPSA) is 38.4 Å². The summed E-state index contributed by atoms with van der Waals surface area (Å²) in [6.07, 6.45) is 5.28. The van der Waals surface area contributed by atoms with Gasteiger partial charge in [-0.1, -0.05) is 30.1 Å². The maximum Gasteiger partial charge on any atom is 0.266 e. The van der Waals surface area contributed by atoms with E-state index in [0.717, 1.165) is 22.7 Å². The molecule has 0 atom stereocenters. The van der Waals surface area contributed by atoms with Crippen LogP contribution >= 0.6 is 24.0 Å². The zero-order valence-electron chi connectivity index (χ0n) is 13.6. The summed E-state index contributed by atoms with van der Waals surface area (Å²) in [4.78, 5) is 14.7. The Hall–Kier alpha value is -2.05. The van der Waals surface area contributed by atoms with E-state index in [4.69, 9.17) is 16.6 Å². The van der Waals surface area contributed by atoms with Gasteiger partial charge in [0.25, 0.3) is 5.91 Å². The number of carbonyl (C=O) groups is 1. The Labute approximate surface area is 150 Å². The molecule has 6 heteroatoms. The monoisotopic (exact) mass is 358 g/mol. The summed E-state index contributed by atoms with van der Waals surface area (Å²) in [6.45, 7) is 8.89. The van der Waals surface area contributed by atoms with Gasteiger partial charge in [0.05, 0.1) is 17.7 Å². The average molecular weight is 358 g/mol. The van der Waals surface area contributed by atoms with E-state index < -0.39 is 0 Å². The Morgan fingerprint density at radius 2 is 2.21 bits per heavy atom. The summed E-state index contributed by atoms with van der Waals surface area (Å²) in [5.74, 6) is 0.849. The number of hydrogen-bond donors (Lipinski definition) is 0. The van der Waals surface area contributed by atoms with Gasteiger partial charge in [0.1, 0.15) is 10.1 Å². The summed E-state index contributed by atoms with van der Waals surface area (Å²) in [5, 5.41) is 0. The predicted octanol–water partition coefficient (Wildman–Crippen LogP) is 4.13. The molecule has 2 aromatic rings. The van der Waals surface area contributed by atoms with Crippen LogP contribution in [0.2, 0.25) is 0 Å². The summed E-state index contributed by atoms with van der Waals surface area (Å²) in [6, 6.07) is 5.92. The highest BCUT2D eigenvalue weighted by atomic mass is 32.2. The fourth-order valence-corrected chi connectivity index (χ4v) is 3.97. The number of carbonyl (C=O) groups excluding carboxylic acids is 1. The van der Waals surface area contributed by atoms with E-state index in [0.29, 0.717) is 22.3 Å². The zero-order chi connectivity index (χ0) is 17.3. The molecular formula is C18H18N2O2S2. The summed E-state index contributed by atoms with van der Waals surface area (Å²) < 4.78 is 8.19. The molecule has 0 spiro atoms. The lowest BCUT2D eigenvalue weighted by Gasteiger charge is -2.10. The smallest absolute Gasteiger partial charge is 0.266 e. The van der Waals surface area contributed by atoms with Crippen molar-refractivity contribution in [3.63, 3.8) is 0 Å². The van der Waals surface area contributed by atoms with Gasteiger partial charge in [-0.25, -0.2) is 0 Å². The van der Waals surface area contributed by atoms with E-state index in [-0.39, 0.29) is 5.91 Å². The highest BCUT2D eigenvalue weighted by Gasteiger charge is 2.31. The van der Waals surface area contributed by atoms with Gasteiger partial charge >= 0.3 is 0 Å². The number of rotatable bonds is 5. The third-order valence-electron chi connectivity index (χ3n) is 3.98. The summed E-state index contributed by atoms with van der Waals surface area (Å²) in [5.41, 5.74) is 3.24. The van der Waals surface area contributed by atoms with Crippen molar-refractivity contribution in [1.82, 2.24) is 9.47 Å². The number of thiocarbonyl (C=S) groups is 1. The molecule has 3 rings (SSSR count). The third kappa shape index (κ3) is 3.12. The van der Waals surface area contributed by atoms with Crippen LogP contribution in [0.3, 0.4) is 0 Å². The second-order valence-electron chi connectivity index (χ2n) is 5.57. The average Bonchev–Trinajstić information content (AvgIpc) is 3.21. The van der Waals surface area contributed by atoms with E-state index in [1.165, 1.54) is 11.8 Å². The number of furan rings is 1. The molecule has 24 heavy (non-hydrogen) atoms. The zero-order valence-corrected chi connectivity index (χ0v) is 15.2. The minimum absolute atomic E-state index is 0.0549. The molecule has 0 bridgehead atoms. The van der Waals surface area contributed by atoms with Crippen LogP contribution in [-0.2, 0) is 11.3 Å². The second-order valence-corrected chi connectivity index (χ2v) is 7.25. The first-order valence-corrected chi connectivity index (χ1v) is 8.79. The van der Waals surface area contributed by atoms with Crippen LogP contribution in [0.4, 0.5) is 0 Å². The molecule has 0 N–H and O–H groups in total. The first kappa shape index (κ1) is 16.8. The number of thioether (sulfide) groups is 1. The number of aryl methyl sites for hydroxylation is 1. The van der Waals surface area contributed by atoms with E-state index >= 15 is 0 Å². The van der Waals surface area contributed by atoms with E-state index in [9.17, 15) is 4.79 Å². The van der Waals surface area contributed by atoms with Gasteiger partial charge in [-0.15, -0.1) is 6.58 Å². The van der Waals surface area contributed by atoms with Crippen molar-refractivity contribution in [3.05, 3.63) is 64.7 Å². The SMILES string of the molecule is C=CCN1C(=O)/C(=C/c2cc(C)n(Cc3ccco3)c2C)SC1=S. The minimum atomic E-state index is -0.0549. The summed E-state index contributed by atoms with van der Waals surface area (Å²) >= 11 is 6.62. The normalized spacial score (nSPS) is 16.4. The standard InChI is InChI=1S/C18H18N2O2S2/c1-4-7-19-17(21)16(24-18(19)23)10-14-9-12(2)20(13(14)3)11-15-6-5-8-22-15/h4-6,8-10H,1,7,11H2,2-3H3/b16-10-. The van der Waals surface area contributed by atoms with Crippen molar-refractivity contribution in [2.75, 3.05) is 6.54 Å². The largest absolute Gasteiger partial charge is 0.467 e. The lowest BCUT2D eigenvalue weighted by atomic mass is 10.2. The van der Waals surface area contributed by atoms with Crippen molar-refractivity contribution in [3.8, 4) is 0 Å². The molecule has 2 aromatic heterocycles. The quantitative estimate of drug-likeness (QED) is 0.458. The highest BCUT2D eigenvalue weighted by Crippen LogP contribution is 2.33. The molecule has 0 radical (unpaired) electrons. The fourth-order valence-electron chi connectivity index (χ4n) is 2.70. The van der Waals surface area contributed by atoms with E-state index in [2.05, 4.69) is 24.1 Å². The second kappa shape index (κ2) is 6.83.